The van der Waals surface area contributed by atoms with Gasteiger partial charge in [-0.15, -0.1) is 0 Å². The molecule has 20 heavy (non-hydrogen) atoms. The summed E-state index contributed by atoms with van der Waals surface area (Å²) in [6.07, 6.45) is 2.90. The molecule has 0 aromatic heterocycles. The molecule has 2 rings (SSSR count). The highest BCUT2D eigenvalue weighted by molar-refractivity contribution is 7.90. The van der Waals surface area contributed by atoms with Crippen LogP contribution in [0.25, 0.3) is 0 Å². The summed E-state index contributed by atoms with van der Waals surface area (Å²) in [6, 6.07) is 5.88. The summed E-state index contributed by atoms with van der Waals surface area (Å²) >= 11 is 0. The van der Waals surface area contributed by atoms with E-state index in [4.69, 9.17) is 0 Å². The molecule has 4 heteroatoms. The predicted octanol–water partition coefficient (Wildman–Crippen LogP) is 2.98. The average Bonchev–Trinajstić information content (AvgIpc) is 2.70. The van der Waals surface area contributed by atoms with Crippen LogP contribution in [0.1, 0.15) is 42.4 Å². The van der Waals surface area contributed by atoms with Crippen molar-refractivity contribution in [3.05, 3.63) is 34.9 Å². The van der Waals surface area contributed by atoms with Crippen molar-refractivity contribution in [1.29, 1.82) is 0 Å². The van der Waals surface area contributed by atoms with E-state index in [2.05, 4.69) is 0 Å². The zero-order valence-corrected chi connectivity index (χ0v) is 13.0. The molecule has 3 nitrogen and oxygen atoms in total. The normalized spacial score (nSPS) is 19.5. The summed E-state index contributed by atoms with van der Waals surface area (Å²) < 4.78 is 24.3. The average molecular weight is 294 g/mol. The van der Waals surface area contributed by atoms with Gasteiger partial charge in [-0.1, -0.05) is 29.3 Å². The summed E-state index contributed by atoms with van der Waals surface area (Å²) in [6.45, 7) is 3.95. The van der Waals surface area contributed by atoms with Crippen molar-refractivity contribution in [2.24, 2.45) is 5.92 Å². The van der Waals surface area contributed by atoms with Gasteiger partial charge in [0, 0.05) is 12.3 Å². The van der Waals surface area contributed by atoms with E-state index in [-0.39, 0.29) is 23.2 Å². The lowest BCUT2D eigenvalue weighted by Crippen LogP contribution is -2.15. The van der Waals surface area contributed by atoms with Gasteiger partial charge in [-0.05, 0) is 38.7 Å². The maximum atomic E-state index is 12.2. The quantitative estimate of drug-likeness (QED) is 0.839. The minimum Gasteiger partial charge on any atom is -0.299 e. The molecule has 1 saturated carbocycles. The molecule has 0 heterocycles. The van der Waals surface area contributed by atoms with Crippen molar-refractivity contribution < 1.29 is 13.2 Å². The van der Waals surface area contributed by atoms with Crippen LogP contribution in [-0.2, 0) is 20.4 Å². The Morgan fingerprint density at radius 2 is 1.80 bits per heavy atom. The Labute approximate surface area is 121 Å². The minimum absolute atomic E-state index is 0.0241. The van der Waals surface area contributed by atoms with E-state index in [0.29, 0.717) is 12.8 Å². The molecule has 0 aliphatic heterocycles. The molecular weight excluding hydrogens is 272 g/mol. The molecule has 0 amide bonds. The molecular formula is C16H22O3S. The minimum atomic E-state index is -3.13. The Bertz CT molecular complexity index is 582. The van der Waals surface area contributed by atoms with Crippen LogP contribution in [0.15, 0.2) is 18.2 Å². The fourth-order valence-electron chi connectivity index (χ4n) is 2.99. The topological polar surface area (TPSA) is 51.2 Å². The second-order valence-corrected chi connectivity index (χ2v) is 8.12. The van der Waals surface area contributed by atoms with E-state index in [0.717, 1.165) is 29.5 Å². The van der Waals surface area contributed by atoms with Crippen LogP contribution in [0.4, 0.5) is 0 Å². The van der Waals surface area contributed by atoms with Gasteiger partial charge in [-0.3, -0.25) is 4.79 Å². The number of carbonyl (C=O) groups is 1. The maximum Gasteiger partial charge on any atom is 0.154 e. The molecule has 1 unspecified atom stereocenters. The van der Waals surface area contributed by atoms with E-state index in [1.807, 2.05) is 32.0 Å². The number of benzene rings is 1. The van der Waals surface area contributed by atoms with Crippen LogP contribution in [0, 0.1) is 19.8 Å². The van der Waals surface area contributed by atoms with Crippen molar-refractivity contribution in [2.75, 3.05) is 5.75 Å². The van der Waals surface area contributed by atoms with Gasteiger partial charge in [0.2, 0.25) is 0 Å². The third-order valence-electron chi connectivity index (χ3n) is 3.88. The number of Topliss-reactive ketones (excluding diaryl/α,β-unsaturated/α-hetero) is 1. The third kappa shape index (κ3) is 4.17. The summed E-state index contributed by atoms with van der Waals surface area (Å²) in [7, 11) is -3.13. The zero-order chi connectivity index (χ0) is 14.8. The summed E-state index contributed by atoms with van der Waals surface area (Å²) in [4.78, 5) is 11.5. The first kappa shape index (κ1) is 15.2. The highest BCUT2D eigenvalue weighted by Gasteiger charge is 2.26. The second-order valence-electron chi connectivity index (χ2n) is 5.93. The molecule has 0 N–H and O–H groups in total. The third-order valence-corrected chi connectivity index (χ3v) is 5.51. The van der Waals surface area contributed by atoms with Crippen molar-refractivity contribution in [1.82, 2.24) is 0 Å². The Kier molecular flexibility index (Phi) is 4.63. The van der Waals surface area contributed by atoms with Crippen LogP contribution in [0.2, 0.25) is 0 Å². The van der Waals surface area contributed by atoms with Crippen molar-refractivity contribution in [3.63, 3.8) is 0 Å². The Balaban J connectivity index is 1.98. The van der Waals surface area contributed by atoms with Crippen LogP contribution in [0.3, 0.4) is 0 Å². The number of rotatable bonds is 5. The second kappa shape index (κ2) is 6.08. The number of carbonyl (C=O) groups excluding carboxylic acids is 1. The van der Waals surface area contributed by atoms with E-state index in [1.165, 1.54) is 0 Å². The summed E-state index contributed by atoms with van der Waals surface area (Å²) in [5.74, 6) is 0.419. The molecule has 0 spiro atoms. The van der Waals surface area contributed by atoms with E-state index >= 15 is 0 Å². The largest absolute Gasteiger partial charge is 0.299 e. The highest BCUT2D eigenvalue weighted by atomic mass is 32.2. The van der Waals surface area contributed by atoms with Crippen molar-refractivity contribution >= 4 is 15.6 Å². The first-order valence-electron chi connectivity index (χ1n) is 7.16. The van der Waals surface area contributed by atoms with Crippen LogP contribution in [0.5, 0.6) is 0 Å². The molecule has 1 atom stereocenters. The standard InChI is InChI=1S/C16H22O3S/c1-12-8-13(2)10-14(9-12)11-20(18,19)7-6-15-4-3-5-16(15)17/h8-10,15H,3-7,11H2,1-2H3. The molecule has 0 saturated heterocycles. The predicted molar refractivity (Wildman–Crippen MR) is 80.4 cm³/mol. The summed E-state index contributed by atoms with van der Waals surface area (Å²) in [5.41, 5.74) is 3.02. The number of hydrogen-bond donors (Lipinski definition) is 0. The monoisotopic (exact) mass is 294 g/mol. The lowest BCUT2D eigenvalue weighted by atomic mass is 10.1. The van der Waals surface area contributed by atoms with Crippen LogP contribution in [-0.4, -0.2) is 20.0 Å². The molecule has 0 radical (unpaired) electrons. The molecule has 110 valence electrons. The van der Waals surface area contributed by atoms with Crippen LogP contribution >= 0.6 is 0 Å². The lowest BCUT2D eigenvalue weighted by Gasteiger charge is -2.09. The molecule has 1 aromatic rings. The highest BCUT2D eigenvalue weighted by Crippen LogP contribution is 2.25. The van der Waals surface area contributed by atoms with E-state index in [9.17, 15) is 13.2 Å². The van der Waals surface area contributed by atoms with E-state index < -0.39 is 9.84 Å². The SMILES string of the molecule is Cc1cc(C)cc(CS(=O)(=O)CCC2CCCC2=O)c1. The maximum absolute atomic E-state index is 12.2. The first-order valence-corrected chi connectivity index (χ1v) is 8.98. The number of sulfone groups is 1. The number of ketones is 1. The van der Waals surface area contributed by atoms with Gasteiger partial charge >= 0.3 is 0 Å². The van der Waals surface area contributed by atoms with Crippen molar-refractivity contribution in [2.45, 2.75) is 45.3 Å². The van der Waals surface area contributed by atoms with Crippen molar-refractivity contribution in [3.8, 4) is 0 Å². The number of aryl methyl sites for hydroxylation is 2. The molecule has 1 aliphatic carbocycles. The van der Waals surface area contributed by atoms with E-state index in [1.54, 1.807) is 0 Å². The fourth-order valence-corrected chi connectivity index (χ4v) is 4.46. The van der Waals surface area contributed by atoms with Gasteiger partial charge in [0.05, 0.1) is 11.5 Å². The van der Waals surface area contributed by atoms with Gasteiger partial charge in [0.1, 0.15) is 5.78 Å². The fraction of sp³-hybridized carbons (Fsp3) is 0.562. The number of hydrogen-bond acceptors (Lipinski definition) is 3. The lowest BCUT2D eigenvalue weighted by molar-refractivity contribution is -0.120. The van der Waals surface area contributed by atoms with Gasteiger partial charge < -0.3 is 0 Å². The van der Waals surface area contributed by atoms with Gasteiger partial charge in [-0.25, -0.2) is 8.42 Å². The van der Waals surface area contributed by atoms with Crippen LogP contribution < -0.4 is 0 Å². The molecule has 1 aromatic carbocycles. The van der Waals surface area contributed by atoms with Gasteiger partial charge in [0.25, 0.3) is 0 Å². The first-order chi connectivity index (χ1) is 9.35. The Hall–Kier alpha value is -1.16. The summed E-state index contributed by atoms with van der Waals surface area (Å²) in [5, 5.41) is 0. The Morgan fingerprint density at radius 3 is 2.35 bits per heavy atom. The smallest absolute Gasteiger partial charge is 0.154 e. The van der Waals surface area contributed by atoms with Gasteiger partial charge in [0.15, 0.2) is 9.84 Å². The zero-order valence-electron chi connectivity index (χ0n) is 12.2. The van der Waals surface area contributed by atoms with Gasteiger partial charge in [-0.2, -0.15) is 0 Å². The molecule has 1 fully saturated rings. The molecule has 0 bridgehead atoms. The Morgan fingerprint density at radius 1 is 1.15 bits per heavy atom. The molecule has 1 aliphatic rings.